The molecular formula is C34H48N6O3. The minimum atomic E-state index is -0.381. The molecule has 3 aromatic rings. The van der Waals surface area contributed by atoms with E-state index >= 15 is 0 Å². The first-order valence-corrected chi connectivity index (χ1v) is 15.0. The fraction of sp³-hybridized carbons (Fsp3) is 0.382. The Balaban J connectivity index is 0.000000706. The Bertz CT molecular complexity index is 1240. The lowest BCUT2D eigenvalue weighted by molar-refractivity contribution is -0.133. The van der Waals surface area contributed by atoms with Crippen molar-refractivity contribution in [1.29, 1.82) is 0 Å². The molecule has 1 saturated heterocycles. The highest BCUT2D eigenvalue weighted by Crippen LogP contribution is 2.16. The van der Waals surface area contributed by atoms with Crippen molar-refractivity contribution < 1.29 is 14.3 Å². The lowest BCUT2D eigenvalue weighted by Gasteiger charge is -2.24. The van der Waals surface area contributed by atoms with Crippen molar-refractivity contribution in [2.24, 2.45) is 16.5 Å². The molecule has 232 valence electrons. The summed E-state index contributed by atoms with van der Waals surface area (Å²) in [4.78, 5) is 31.8. The molecule has 0 aliphatic carbocycles. The molecule has 1 aliphatic rings. The second-order valence-corrected chi connectivity index (χ2v) is 9.77. The maximum Gasteiger partial charge on any atom is 0.251 e. The predicted octanol–water partition coefficient (Wildman–Crippen LogP) is 4.10. The van der Waals surface area contributed by atoms with Crippen molar-refractivity contribution in [3.63, 3.8) is 0 Å². The first-order chi connectivity index (χ1) is 21.0. The van der Waals surface area contributed by atoms with Crippen LogP contribution >= 0.6 is 0 Å². The van der Waals surface area contributed by atoms with Crippen molar-refractivity contribution in [1.82, 2.24) is 15.5 Å². The number of ether oxygens (including phenoxy) is 1. The number of aliphatic imine (C=N–C) groups is 1. The molecule has 1 heterocycles. The maximum absolute atomic E-state index is 13.2. The van der Waals surface area contributed by atoms with Crippen LogP contribution in [0.25, 0.3) is 10.8 Å². The average molecular weight is 589 g/mol. The second kappa shape index (κ2) is 20.6. The lowest BCUT2D eigenvalue weighted by atomic mass is 10.1. The van der Waals surface area contributed by atoms with E-state index < -0.39 is 0 Å². The average Bonchev–Trinajstić information content (AvgIpc) is 3.20. The highest BCUT2D eigenvalue weighted by atomic mass is 16.5. The van der Waals surface area contributed by atoms with Crippen LogP contribution in [0.2, 0.25) is 0 Å². The summed E-state index contributed by atoms with van der Waals surface area (Å²) in [6, 6.07) is 25.2. The Morgan fingerprint density at radius 3 is 2.40 bits per heavy atom. The Morgan fingerprint density at radius 1 is 1.07 bits per heavy atom. The monoisotopic (exact) mass is 588 g/mol. The molecule has 9 nitrogen and oxygen atoms in total. The maximum atomic E-state index is 13.2. The van der Waals surface area contributed by atoms with E-state index in [1.807, 2.05) is 97.6 Å². The molecule has 0 bridgehead atoms. The van der Waals surface area contributed by atoms with E-state index in [2.05, 4.69) is 22.2 Å². The van der Waals surface area contributed by atoms with E-state index in [1.54, 1.807) is 6.08 Å². The second-order valence-electron chi connectivity index (χ2n) is 9.77. The number of nitrogens with one attached hydrogen (secondary N) is 2. The van der Waals surface area contributed by atoms with Crippen molar-refractivity contribution in [2.75, 3.05) is 39.4 Å². The van der Waals surface area contributed by atoms with Gasteiger partial charge in [-0.3, -0.25) is 14.6 Å². The predicted molar refractivity (Wildman–Crippen MR) is 177 cm³/mol. The van der Waals surface area contributed by atoms with Gasteiger partial charge in [-0.2, -0.15) is 0 Å². The summed E-state index contributed by atoms with van der Waals surface area (Å²) in [6.45, 7) is 10.5. The van der Waals surface area contributed by atoms with Crippen LogP contribution in [0, 0.1) is 0 Å². The summed E-state index contributed by atoms with van der Waals surface area (Å²) < 4.78 is 5.49. The molecule has 6 N–H and O–H groups in total. The molecule has 43 heavy (non-hydrogen) atoms. The molecular weight excluding hydrogens is 540 g/mol. The number of nitrogens with zero attached hydrogens (tertiary/aromatic N) is 2. The quantitative estimate of drug-likeness (QED) is 0.109. The van der Waals surface area contributed by atoms with Gasteiger partial charge in [0.25, 0.3) is 5.91 Å². The minimum absolute atomic E-state index is 0.0280. The Morgan fingerprint density at radius 2 is 1.74 bits per heavy atom. The number of carbonyl (C=O) groups excluding carboxylic acids is 2. The van der Waals surface area contributed by atoms with Crippen LogP contribution in [-0.4, -0.2) is 74.2 Å². The number of fused-ring (bicyclic) bond motifs is 1. The number of nitrogens with two attached hydrogens (primary N) is 2. The molecule has 0 radical (unpaired) electrons. The summed E-state index contributed by atoms with van der Waals surface area (Å²) in [7, 11) is 0. The van der Waals surface area contributed by atoms with Crippen LogP contribution in [0.4, 0.5) is 0 Å². The lowest BCUT2D eigenvalue weighted by Crippen LogP contribution is -2.49. The third-order valence-electron chi connectivity index (χ3n) is 6.67. The van der Waals surface area contributed by atoms with Gasteiger partial charge in [-0.15, -0.1) is 6.58 Å². The van der Waals surface area contributed by atoms with Crippen molar-refractivity contribution in [2.45, 2.75) is 45.2 Å². The number of carbonyl (C=O) groups is 2. The van der Waals surface area contributed by atoms with Gasteiger partial charge in [0.15, 0.2) is 5.96 Å². The fourth-order valence-corrected chi connectivity index (χ4v) is 4.55. The molecule has 0 aromatic heterocycles. The molecule has 1 fully saturated rings. The number of amides is 2. The highest BCUT2D eigenvalue weighted by Gasteiger charge is 2.30. The highest BCUT2D eigenvalue weighted by molar-refractivity contribution is 5.98. The Kier molecular flexibility index (Phi) is 16.8. The van der Waals surface area contributed by atoms with E-state index in [1.165, 1.54) is 0 Å². The molecule has 4 rings (SSSR count). The van der Waals surface area contributed by atoms with E-state index in [-0.39, 0.29) is 29.9 Å². The van der Waals surface area contributed by atoms with Gasteiger partial charge < -0.3 is 31.7 Å². The molecule has 2 atom stereocenters. The van der Waals surface area contributed by atoms with Gasteiger partial charge in [-0.25, -0.2) is 0 Å². The molecule has 3 aromatic carbocycles. The van der Waals surface area contributed by atoms with E-state index in [0.717, 1.165) is 17.2 Å². The van der Waals surface area contributed by atoms with Gasteiger partial charge >= 0.3 is 0 Å². The number of hydrogen-bond acceptors (Lipinski definition) is 5. The first kappa shape index (κ1) is 35.0. The van der Waals surface area contributed by atoms with Gasteiger partial charge in [0.2, 0.25) is 5.91 Å². The zero-order valence-corrected chi connectivity index (χ0v) is 25.6. The molecule has 0 saturated carbocycles. The molecule has 0 spiro atoms. The SMILES string of the molecule is C=CCOCCN1CCC(CNC(=O)c2ccc3ccccc3c2)NC(CCCN=C(N)N)C1=O.CC.c1ccccc1. The van der Waals surface area contributed by atoms with Crippen molar-refractivity contribution >= 4 is 28.5 Å². The van der Waals surface area contributed by atoms with Crippen LogP contribution in [-0.2, 0) is 9.53 Å². The van der Waals surface area contributed by atoms with Gasteiger partial charge in [0, 0.05) is 37.8 Å². The van der Waals surface area contributed by atoms with Crippen LogP contribution in [0.5, 0.6) is 0 Å². The largest absolute Gasteiger partial charge is 0.376 e. The van der Waals surface area contributed by atoms with Crippen molar-refractivity contribution in [3.05, 3.63) is 97.1 Å². The summed E-state index contributed by atoms with van der Waals surface area (Å²) in [5.41, 5.74) is 11.4. The third kappa shape index (κ3) is 13.1. The van der Waals surface area contributed by atoms with E-state index in [0.29, 0.717) is 57.8 Å². The van der Waals surface area contributed by atoms with Crippen LogP contribution < -0.4 is 22.1 Å². The summed E-state index contributed by atoms with van der Waals surface area (Å²) in [5, 5.41) is 8.59. The summed E-state index contributed by atoms with van der Waals surface area (Å²) >= 11 is 0. The molecule has 2 unspecified atom stereocenters. The van der Waals surface area contributed by atoms with Gasteiger partial charge in [-0.05, 0) is 42.2 Å². The first-order valence-electron chi connectivity index (χ1n) is 15.0. The standard InChI is InChI=1S/C26H36N6O3.C6H6.C2H6/c1-2-15-35-16-14-32-13-11-22(31-23(25(32)34)8-5-12-29-26(27)28)18-30-24(33)21-10-9-19-6-3-4-7-20(19)17-21;1-2-4-6-5-3-1;1-2/h2-4,6-7,9-10,17,22-23,31H,1,5,8,11-16,18H2,(H,30,33)(H4,27,28,29);1-6H;1-2H3. The number of hydrogen-bond donors (Lipinski definition) is 4. The fourth-order valence-electron chi connectivity index (χ4n) is 4.55. The summed E-state index contributed by atoms with van der Waals surface area (Å²) in [6.07, 6.45) is 3.66. The number of benzene rings is 3. The molecule has 9 heteroatoms. The van der Waals surface area contributed by atoms with Crippen molar-refractivity contribution in [3.8, 4) is 0 Å². The smallest absolute Gasteiger partial charge is 0.251 e. The zero-order chi connectivity index (χ0) is 31.3. The van der Waals surface area contributed by atoms with E-state index in [9.17, 15) is 9.59 Å². The van der Waals surface area contributed by atoms with Crippen LogP contribution in [0.1, 0.15) is 43.5 Å². The van der Waals surface area contributed by atoms with Gasteiger partial charge in [0.05, 0.1) is 19.3 Å². The Labute approximate surface area is 256 Å². The van der Waals surface area contributed by atoms with Crippen LogP contribution in [0.3, 0.4) is 0 Å². The minimum Gasteiger partial charge on any atom is -0.376 e. The van der Waals surface area contributed by atoms with Crippen LogP contribution in [0.15, 0.2) is 96.5 Å². The van der Waals surface area contributed by atoms with E-state index in [4.69, 9.17) is 16.2 Å². The topological polar surface area (TPSA) is 135 Å². The number of guanidine groups is 1. The summed E-state index contributed by atoms with van der Waals surface area (Å²) in [5.74, 6) is -0.0622. The third-order valence-corrected chi connectivity index (χ3v) is 6.67. The van der Waals surface area contributed by atoms with Gasteiger partial charge in [0.1, 0.15) is 0 Å². The Hall–Kier alpha value is -4.21. The number of rotatable bonds is 12. The molecule has 2 amide bonds. The normalized spacial score (nSPS) is 16.0. The zero-order valence-electron chi connectivity index (χ0n) is 25.6. The van der Waals surface area contributed by atoms with Gasteiger partial charge in [-0.1, -0.05) is 86.7 Å². The molecule has 1 aliphatic heterocycles.